The second-order valence-corrected chi connectivity index (χ2v) is 12.9. The summed E-state index contributed by atoms with van der Waals surface area (Å²) in [7, 11) is 4.10. The molecule has 2 aliphatic rings. The number of nitrogens with zero attached hydrogens (tertiary/aromatic N) is 4. The molecule has 0 fully saturated rings. The normalized spacial score (nSPS) is 19.4. The molecule has 242 valence electrons. The van der Waals surface area contributed by atoms with E-state index in [9.17, 15) is 9.90 Å². The highest BCUT2D eigenvalue weighted by molar-refractivity contribution is 5.93. The molecule has 0 bridgehead atoms. The molecule has 47 heavy (non-hydrogen) atoms. The fourth-order valence-corrected chi connectivity index (χ4v) is 7.70. The van der Waals surface area contributed by atoms with Gasteiger partial charge in [-0.05, 0) is 55.4 Å². The third-order valence-corrected chi connectivity index (χ3v) is 9.88. The Labute approximate surface area is 276 Å². The first-order valence-corrected chi connectivity index (χ1v) is 16.5. The summed E-state index contributed by atoms with van der Waals surface area (Å²) in [4.78, 5) is 18.0. The number of aliphatic carboxylic acids is 1. The number of rotatable bonds is 10. The van der Waals surface area contributed by atoms with Gasteiger partial charge in [-0.15, -0.1) is 0 Å². The van der Waals surface area contributed by atoms with E-state index in [4.69, 9.17) is 9.47 Å². The van der Waals surface area contributed by atoms with Gasteiger partial charge in [0.1, 0.15) is 11.8 Å². The minimum atomic E-state index is -0.831. The van der Waals surface area contributed by atoms with E-state index >= 15 is 0 Å². The van der Waals surface area contributed by atoms with Crippen LogP contribution in [0.1, 0.15) is 36.1 Å². The lowest BCUT2D eigenvalue weighted by Gasteiger charge is -2.37. The highest BCUT2D eigenvalue weighted by atomic mass is 16.5. The minimum Gasteiger partial charge on any atom is -0.493 e. The van der Waals surface area contributed by atoms with Gasteiger partial charge in [0.2, 0.25) is 0 Å². The summed E-state index contributed by atoms with van der Waals surface area (Å²) in [6.07, 6.45) is 4.03. The Morgan fingerprint density at radius 1 is 0.936 bits per heavy atom. The minimum absolute atomic E-state index is 0.278. The molecule has 8 nitrogen and oxygen atoms in total. The summed E-state index contributed by atoms with van der Waals surface area (Å²) in [5, 5.41) is 17.9. The zero-order valence-electron chi connectivity index (χ0n) is 27.1. The monoisotopic (exact) mass is 630 g/mol. The van der Waals surface area contributed by atoms with Crippen molar-refractivity contribution < 1.29 is 19.4 Å². The Morgan fingerprint density at radius 3 is 2.57 bits per heavy atom. The van der Waals surface area contributed by atoms with Crippen LogP contribution in [0.3, 0.4) is 0 Å². The predicted molar refractivity (Wildman–Crippen MR) is 185 cm³/mol. The molecule has 8 heteroatoms. The molecule has 0 amide bonds. The number of carbonyl (C=O) groups is 1. The van der Waals surface area contributed by atoms with Crippen molar-refractivity contribution in [1.29, 1.82) is 0 Å². The summed E-state index contributed by atoms with van der Waals surface area (Å²) in [5.41, 5.74) is 5.50. The van der Waals surface area contributed by atoms with Crippen LogP contribution in [0.25, 0.3) is 21.9 Å². The number of fused-ring (bicyclic) bond motifs is 3. The molecule has 7 rings (SSSR count). The Morgan fingerprint density at radius 2 is 1.72 bits per heavy atom. The first-order chi connectivity index (χ1) is 23.0. The maximum absolute atomic E-state index is 13.5. The van der Waals surface area contributed by atoms with Gasteiger partial charge < -0.3 is 24.4 Å². The number of hydrogen-bond donors (Lipinski definition) is 1. The van der Waals surface area contributed by atoms with Gasteiger partial charge in [0.05, 0.1) is 37.1 Å². The number of carboxylic acids is 1. The van der Waals surface area contributed by atoms with Gasteiger partial charge in [-0.3, -0.25) is 4.68 Å². The van der Waals surface area contributed by atoms with Gasteiger partial charge in [0.25, 0.3) is 0 Å². The van der Waals surface area contributed by atoms with Gasteiger partial charge in [0.15, 0.2) is 0 Å². The van der Waals surface area contributed by atoms with Crippen LogP contribution in [0.15, 0.2) is 97.2 Å². The third kappa shape index (κ3) is 5.88. The zero-order chi connectivity index (χ0) is 32.4. The van der Waals surface area contributed by atoms with E-state index in [1.165, 1.54) is 0 Å². The molecule has 0 saturated carbocycles. The molecule has 0 aliphatic carbocycles. The quantitative estimate of drug-likeness (QED) is 0.173. The number of anilines is 1. The highest BCUT2D eigenvalue weighted by Crippen LogP contribution is 2.53. The molecule has 0 saturated heterocycles. The third-order valence-electron chi connectivity index (χ3n) is 9.88. The zero-order valence-corrected chi connectivity index (χ0v) is 27.1. The maximum atomic E-state index is 13.5. The van der Waals surface area contributed by atoms with Crippen molar-refractivity contribution in [3.8, 4) is 16.9 Å². The Hall–Kier alpha value is -4.66. The van der Waals surface area contributed by atoms with Crippen LogP contribution < -0.4 is 9.64 Å². The second kappa shape index (κ2) is 13.2. The van der Waals surface area contributed by atoms with Gasteiger partial charge >= 0.3 is 5.97 Å². The molecule has 2 aliphatic heterocycles. The molecule has 2 unspecified atom stereocenters. The van der Waals surface area contributed by atoms with Crippen LogP contribution in [-0.2, 0) is 35.1 Å². The molecule has 0 radical (unpaired) electrons. The summed E-state index contributed by atoms with van der Waals surface area (Å²) in [6, 6.07) is 29.9. The molecule has 2 atom stereocenters. The molecule has 4 aromatic carbocycles. The van der Waals surface area contributed by atoms with Crippen LogP contribution in [-0.4, -0.2) is 65.1 Å². The van der Waals surface area contributed by atoms with Crippen LogP contribution in [0.2, 0.25) is 0 Å². The molecule has 3 heterocycles. The lowest BCUT2D eigenvalue weighted by molar-refractivity contribution is -0.141. The van der Waals surface area contributed by atoms with Crippen molar-refractivity contribution in [2.45, 2.75) is 43.9 Å². The molecule has 5 aromatic rings. The van der Waals surface area contributed by atoms with E-state index in [1.807, 2.05) is 72.5 Å². The Bertz CT molecular complexity index is 1870. The van der Waals surface area contributed by atoms with E-state index in [-0.39, 0.29) is 6.61 Å². The highest BCUT2D eigenvalue weighted by Gasteiger charge is 2.55. The Kier molecular flexibility index (Phi) is 8.71. The van der Waals surface area contributed by atoms with Crippen molar-refractivity contribution in [3.63, 3.8) is 0 Å². The van der Waals surface area contributed by atoms with Crippen molar-refractivity contribution in [2.24, 2.45) is 7.05 Å². The van der Waals surface area contributed by atoms with Gasteiger partial charge in [0, 0.05) is 42.3 Å². The molecule has 1 N–H and O–H groups in total. The number of aromatic nitrogens is 2. The average Bonchev–Trinajstić information content (AvgIpc) is 3.58. The van der Waals surface area contributed by atoms with Crippen LogP contribution in [0.4, 0.5) is 5.69 Å². The van der Waals surface area contributed by atoms with Gasteiger partial charge in [-0.25, -0.2) is 4.79 Å². The SMILES string of the molecule is CN1CCCN2c3c(cccc3C(CCCOc3cccc4ccccc34)(COCc3ccccc3)C2C(=O)O)-c2cnn(C)c2C1. The van der Waals surface area contributed by atoms with Crippen LogP contribution in [0.5, 0.6) is 5.75 Å². The predicted octanol–water partition coefficient (Wildman–Crippen LogP) is 6.66. The first-order valence-electron chi connectivity index (χ1n) is 16.5. The average molecular weight is 631 g/mol. The number of para-hydroxylation sites is 1. The van der Waals surface area contributed by atoms with E-state index in [0.717, 1.165) is 69.7 Å². The van der Waals surface area contributed by atoms with E-state index < -0.39 is 17.4 Å². The van der Waals surface area contributed by atoms with E-state index in [1.54, 1.807) is 0 Å². The summed E-state index contributed by atoms with van der Waals surface area (Å²) in [5.74, 6) is 0.0110. The number of carboxylic acid groups (broad SMARTS) is 1. The summed E-state index contributed by atoms with van der Waals surface area (Å²) >= 11 is 0. The first kappa shape index (κ1) is 31.0. The second-order valence-electron chi connectivity index (χ2n) is 12.9. The number of aryl methyl sites for hydroxylation is 1. The van der Waals surface area contributed by atoms with Crippen molar-refractivity contribution >= 4 is 22.4 Å². The molecule has 1 aromatic heterocycles. The number of benzene rings is 4. The number of ether oxygens (including phenoxy) is 2. The van der Waals surface area contributed by atoms with Crippen molar-refractivity contribution in [3.05, 3.63) is 114 Å². The standard InChI is InChI=1S/C39H42N4O4/c1-41-21-11-22-43-36-31(32-24-40-42(2)34(32)25-41)17-9-18-33(36)39(37(43)38(44)45,27-46-26-28-12-4-3-5-13-28)20-10-23-47-35-19-8-15-29-14-6-7-16-30(29)35/h3-9,12-19,24,37H,10-11,20-23,25-27H2,1-2H3,(H,44,45). The van der Waals surface area contributed by atoms with E-state index in [2.05, 4.69) is 58.3 Å². The topological polar surface area (TPSA) is 80.1 Å². The lowest BCUT2D eigenvalue weighted by atomic mass is 9.73. The molecular weight excluding hydrogens is 588 g/mol. The van der Waals surface area contributed by atoms with Crippen LogP contribution >= 0.6 is 0 Å². The molecule has 0 spiro atoms. The van der Waals surface area contributed by atoms with Gasteiger partial charge in [-0.1, -0.05) is 84.9 Å². The molecular formula is C39H42N4O4. The van der Waals surface area contributed by atoms with Crippen molar-refractivity contribution in [2.75, 3.05) is 38.3 Å². The maximum Gasteiger partial charge on any atom is 0.327 e. The van der Waals surface area contributed by atoms with Crippen LogP contribution in [0, 0.1) is 0 Å². The van der Waals surface area contributed by atoms with Gasteiger partial charge in [-0.2, -0.15) is 5.10 Å². The summed E-state index contributed by atoms with van der Waals surface area (Å²) < 4.78 is 14.9. The smallest absolute Gasteiger partial charge is 0.327 e. The van der Waals surface area contributed by atoms with Crippen molar-refractivity contribution in [1.82, 2.24) is 14.7 Å². The lowest BCUT2D eigenvalue weighted by Crippen LogP contribution is -2.53. The fraction of sp³-hybridized carbons (Fsp3) is 0.333. The van der Waals surface area contributed by atoms with E-state index in [0.29, 0.717) is 32.6 Å². The fourth-order valence-electron chi connectivity index (χ4n) is 7.70. The number of hydrogen-bond acceptors (Lipinski definition) is 6. The summed E-state index contributed by atoms with van der Waals surface area (Å²) in [6.45, 7) is 3.41. The Balaban J connectivity index is 1.28. The largest absolute Gasteiger partial charge is 0.493 e.